The lowest BCUT2D eigenvalue weighted by Gasteiger charge is -2.34. The van der Waals surface area contributed by atoms with Gasteiger partial charge in [-0.25, -0.2) is 8.42 Å². The highest BCUT2D eigenvalue weighted by molar-refractivity contribution is 9.10. The van der Waals surface area contributed by atoms with Crippen LogP contribution in [0.25, 0.3) is 0 Å². The molecule has 2 aromatic carbocycles. The Morgan fingerprint density at radius 1 is 1.13 bits per heavy atom. The van der Waals surface area contributed by atoms with Gasteiger partial charge in [0.05, 0.1) is 4.90 Å². The van der Waals surface area contributed by atoms with Crippen LogP contribution in [-0.2, 0) is 10.0 Å². The van der Waals surface area contributed by atoms with Gasteiger partial charge >= 0.3 is 0 Å². The van der Waals surface area contributed by atoms with E-state index in [0.717, 1.165) is 4.47 Å². The molecule has 0 radical (unpaired) electrons. The summed E-state index contributed by atoms with van der Waals surface area (Å²) in [6.07, 6.45) is -0.703. The van der Waals surface area contributed by atoms with Crippen molar-refractivity contribution >= 4 is 31.7 Å². The van der Waals surface area contributed by atoms with Crippen molar-refractivity contribution in [3.63, 3.8) is 0 Å². The Morgan fingerprint density at radius 3 is 2.40 bits per heavy atom. The lowest BCUT2D eigenvalue weighted by molar-refractivity contribution is 0.0569. The zero-order chi connectivity index (χ0) is 21.7. The monoisotopic (exact) mass is 496 g/mol. The predicted molar refractivity (Wildman–Crippen MR) is 117 cm³/mol. The zero-order valence-corrected chi connectivity index (χ0v) is 19.1. The molecule has 0 unspecified atom stereocenters. The topological polar surface area (TPSA) is 87.2 Å². The average Bonchev–Trinajstić information content (AvgIpc) is 2.73. The Balaban J connectivity index is 1.46. The Labute approximate surface area is 185 Å². The van der Waals surface area contributed by atoms with E-state index in [1.165, 1.54) is 11.2 Å². The maximum absolute atomic E-state index is 12.8. The number of piperazine rings is 1. The lowest BCUT2D eigenvalue weighted by Crippen LogP contribution is -2.50. The Morgan fingerprint density at radius 2 is 1.80 bits per heavy atom. The molecule has 1 atom stereocenters. The number of nitrogens with zero attached hydrogens (tertiary/aromatic N) is 2. The van der Waals surface area contributed by atoms with Crippen LogP contribution in [0, 0.1) is 0 Å². The van der Waals surface area contributed by atoms with Crippen LogP contribution in [0.1, 0.15) is 17.3 Å². The summed E-state index contributed by atoms with van der Waals surface area (Å²) in [6.45, 7) is 3.84. The number of carbonyl (C=O) groups is 1. The molecule has 1 saturated heterocycles. The summed E-state index contributed by atoms with van der Waals surface area (Å²) >= 11 is 3.31. The number of halogens is 1. The molecule has 0 aliphatic carbocycles. The van der Waals surface area contributed by atoms with Crippen LogP contribution in [0.15, 0.2) is 57.9 Å². The summed E-state index contributed by atoms with van der Waals surface area (Å²) < 4.78 is 33.4. The molecule has 3 rings (SSSR count). The van der Waals surface area contributed by atoms with Crippen LogP contribution in [0.3, 0.4) is 0 Å². The molecule has 2 aromatic rings. The predicted octanol–water partition coefficient (Wildman–Crippen LogP) is 2.40. The number of hydrogen-bond donors (Lipinski definition) is 1. The number of ether oxygens (including phenoxy) is 1. The first kappa shape index (κ1) is 22.9. The summed E-state index contributed by atoms with van der Waals surface area (Å²) in [4.78, 5) is 13.6. The van der Waals surface area contributed by atoms with Gasteiger partial charge in [-0.3, -0.25) is 9.69 Å². The van der Waals surface area contributed by atoms with E-state index in [-0.39, 0.29) is 17.3 Å². The largest absolute Gasteiger partial charge is 0.491 e. The van der Waals surface area contributed by atoms with Gasteiger partial charge in [0, 0.05) is 42.8 Å². The molecule has 0 bridgehead atoms. The second-order valence-electron chi connectivity index (χ2n) is 7.21. The van der Waals surface area contributed by atoms with Crippen molar-refractivity contribution in [2.24, 2.45) is 0 Å². The van der Waals surface area contributed by atoms with Crippen molar-refractivity contribution in [3.8, 4) is 5.75 Å². The Hall–Kier alpha value is -1.78. The van der Waals surface area contributed by atoms with E-state index in [1.807, 2.05) is 4.90 Å². The van der Waals surface area contributed by atoms with Crippen molar-refractivity contribution < 1.29 is 23.1 Å². The third-order valence-electron chi connectivity index (χ3n) is 4.94. The highest BCUT2D eigenvalue weighted by Crippen LogP contribution is 2.21. The number of aliphatic hydroxyl groups is 1. The standard InChI is InChI=1S/C21H25BrN2O5S/c1-16(25)17-5-7-20(8-6-17)29-15-19(26)14-23-9-11-24(12-10-23)30(27,28)21-4-2-3-18(22)13-21/h2-8,13,19,26H,9-12,14-15H2,1H3/t19-/m1/s1. The molecular weight excluding hydrogens is 472 g/mol. The summed E-state index contributed by atoms with van der Waals surface area (Å²) in [5.74, 6) is 0.576. The van der Waals surface area contributed by atoms with Crippen LogP contribution < -0.4 is 4.74 Å². The van der Waals surface area contributed by atoms with Crippen molar-refractivity contribution in [3.05, 3.63) is 58.6 Å². The second-order valence-corrected chi connectivity index (χ2v) is 10.1. The third-order valence-corrected chi connectivity index (χ3v) is 7.33. The van der Waals surface area contributed by atoms with E-state index in [1.54, 1.807) is 48.5 Å². The number of aliphatic hydroxyl groups excluding tert-OH is 1. The van der Waals surface area contributed by atoms with Crippen LogP contribution >= 0.6 is 15.9 Å². The van der Waals surface area contributed by atoms with Crippen molar-refractivity contribution in [2.45, 2.75) is 17.9 Å². The maximum Gasteiger partial charge on any atom is 0.243 e. The minimum atomic E-state index is -3.53. The fourth-order valence-electron chi connectivity index (χ4n) is 3.26. The molecule has 7 nitrogen and oxygen atoms in total. The van der Waals surface area contributed by atoms with Gasteiger partial charge in [-0.05, 0) is 49.4 Å². The number of carbonyl (C=O) groups excluding carboxylic acids is 1. The normalized spacial score (nSPS) is 16.9. The van der Waals surface area contributed by atoms with Crippen molar-refractivity contribution in [1.29, 1.82) is 0 Å². The number of hydrogen-bond acceptors (Lipinski definition) is 6. The minimum absolute atomic E-state index is 0.0114. The summed E-state index contributed by atoms with van der Waals surface area (Å²) in [5, 5.41) is 10.3. The first-order valence-corrected chi connectivity index (χ1v) is 11.9. The molecular formula is C21H25BrN2O5S. The minimum Gasteiger partial charge on any atom is -0.491 e. The zero-order valence-electron chi connectivity index (χ0n) is 16.7. The number of Topliss-reactive ketones (excluding diaryl/α,β-unsaturated/α-hetero) is 1. The SMILES string of the molecule is CC(=O)c1ccc(OC[C@H](O)CN2CCN(S(=O)(=O)c3cccc(Br)c3)CC2)cc1. The molecule has 1 N–H and O–H groups in total. The van der Waals surface area contributed by atoms with Crippen molar-refractivity contribution in [2.75, 3.05) is 39.3 Å². The molecule has 1 aliphatic heterocycles. The smallest absolute Gasteiger partial charge is 0.243 e. The van der Waals surface area contributed by atoms with E-state index < -0.39 is 16.1 Å². The fourth-order valence-corrected chi connectivity index (χ4v) is 5.28. The van der Waals surface area contributed by atoms with E-state index in [0.29, 0.717) is 44.0 Å². The van der Waals surface area contributed by atoms with Gasteiger partial charge in [0.25, 0.3) is 0 Å². The first-order valence-electron chi connectivity index (χ1n) is 9.65. The van der Waals surface area contributed by atoms with Crippen molar-refractivity contribution in [1.82, 2.24) is 9.21 Å². The van der Waals surface area contributed by atoms with Crippen LogP contribution in [0.4, 0.5) is 0 Å². The molecule has 0 spiro atoms. The number of ketones is 1. The van der Waals surface area contributed by atoms with Gasteiger partial charge < -0.3 is 9.84 Å². The van der Waals surface area contributed by atoms with Gasteiger partial charge in [0.15, 0.2) is 5.78 Å². The number of β-amino-alcohol motifs (C(OH)–C–C–N with tert-alkyl or cyclic N) is 1. The quantitative estimate of drug-likeness (QED) is 0.564. The number of rotatable bonds is 8. The molecule has 9 heteroatoms. The van der Waals surface area contributed by atoms with E-state index in [9.17, 15) is 18.3 Å². The first-order chi connectivity index (χ1) is 14.3. The molecule has 30 heavy (non-hydrogen) atoms. The molecule has 1 aliphatic rings. The fraction of sp³-hybridized carbons (Fsp3) is 0.381. The van der Waals surface area contributed by atoms with E-state index in [2.05, 4.69) is 15.9 Å². The summed E-state index contributed by atoms with van der Waals surface area (Å²) in [7, 11) is -3.53. The Kier molecular flexibility index (Phi) is 7.65. The molecule has 162 valence electrons. The highest BCUT2D eigenvalue weighted by Gasteiger charge is 2.29. The van der Waals surface area contributed by atoms with Gasteiger partial charge in [-0.1, -0.05) is 22.0 Å². The van der Waals surface area contributed by atoms with Gasteiger partial charge in [0.2, 0.25) is 10.0 Å². The molecule has 0 saturated carbocycles. The highest BCUT2D eigenvalue weighted by atomic mass is 79.9. The number of benzene rings is 2. The van der Waals surface area contributed by atoms with Gasteiger partial charge in [-0.2, -0.15) is 4.31 Å². The molecule has 1 fully saturated rings. The maximum atomic E-state index is 12.8. The number of sulfonamides is 1. The third kappa shape index (κ3) is 5.89. The Bertz CT molecular complexity index is 973. The van der Waals surface area contributed by atoms with Crippen LogP contribution in [-0.4, -0.2) is 73.9 Å². The van der Waals surface area contributed by atoms with Crippen LogP contribution in [0.2, 0.25) is 0 Å². The summed E-state index contributed by atoms with van der Waals surface area (Å²) in [6, 6.07) is 13.5. The molecule has 1 heterocycles. The average molecular weight is 497 g/mol. The molecule has 0 amide bonds. The van der Waals surface area contributed by atoms with Gasteiger partial charge in [-0.15, -0.1) is 0 Å². The summed E-state index contributed by atoms with van der Waals surface area (Å²) in [5.41, 5.74) is 0.610. The van der Waals surface area contributed by atoms with E-state index >= 15 is 0 Å². The molecule has 0 aromatic heterocycles. The second kappa shape index (κ2) is 10.0. The van der Waals surface area contributed by atoms with E-state index in [4.69, 9.17) is 4.74 Å². The van der Waals surface area contributed by atoms with Gasteiger partial charge in [0.1, 0.15) is 18.5 Å². The lowest BCUT2D eigenvalue weighted by atomic mass is 10.1. The van der Waals surface area contributed by atoms with Crippen LogP contribution in [0.5, 0.6) is 5.75 Å².